The number of urea groups is 1. The van der Waals surface area contributed by atoms with E-state index in [1.807, 2.05) is 29.2 Å². The monoisotopic (exact) mass is 521 g/mol. The van der Waals surface area contributed by atoms with Crippen LogP contribution in [0.1, 0.15) is 25.3 Å². The summed E-state index contributed by atoms with van der Waals surface area (Å²) in [5, 5.41) is 6.76. The van der Waals surface area contributed by atoms with Crippen molar-refractivity contribution in [1.82, 2.24) is 30.0 Å². The molecular weight excluding hydrogens is 490 g/mol. The van der Waals surface area contributed by atoms with E-state index in [1.54, 1.807) is 42.4 Å². The number of amides is 3. The Hall–Kier alpha value is -4.35. The second-order valence-corrected chi connectivity index (χ2v) is 9.30. The smallest absolute Gasteiger partial charge is 0.409 e. The van der Waals surface area contributed by atoms with E-state index in [-0.39, 0.29) is 18.1 Å². The van der Waals surface area contributed by atoms with Gasteiger partial charge in [0.15, 0.2) is 0 Å². The number of aromatic amines is 1. The molecule has 2 aliphatic rings. The van der Waals surface area contributed by atoms with E-state index < -0.39 is 5.54 Å². The van der Waals surface area contributed by atoms with Gasteiger partial charge in [-0.3, -0.25) is 10.00 Å². The molecule has 12 nitrogen and oxygen atoms in total. The molecule has 3 aromatic rings. The molecule has 0 aliphatic carbocycles. The number of rotatable bonds is 7. The van der Waals surface area contributed by atoms with Crippen molar-refractivity contribution in [3.05, 3.63) is 48.4 Å². The van der Waals surface area contributed by atoms with Crippen molar-refractivity contribution in [3.63, 3.8) is 0 Å². The molecule has 2 saturated heterocycles. The Morgan fingerprint density at radius 1 is 1.16 bits per heavy atom. The first kappa shape index (κ1) is 25.3. The Bertz CT molecular complexity index is 1290. The van der Waals surface area contributed by atoms with Gasteiger partial charge < -0.3 is 24.0 Å². The Morgan fingerprint density at radius 3 is 2.66 bits per heavy atom. The molecule has 200 valence electrons. The lowest BCUT2D eigenvalue weighted by atomic mass is 9.86. The summed E-state index contributed by atoms with van der Waals surface area (Å²) < 4.78 is 16.1. The Labute approximate surface area is 220 Å². The molecule has 0 atom stereocenters. The molecule has 0 bridgehead atoms. The molecule has 2 fully saturated rings. The number of ether oxygens (including phenoxy) is 3. The predicted octanol–water partition coefficient (Wildman–Crippen LogP) is 3.32. The number of carbonyl (C=O) groups is 2. The third-order valence-corrected chi connectivity index (χ3v) is 7.17. The number of piperidine rings is 1. The first-order valence-corrected chi connectivity index (χ1v) is 12.5. The van der Waals surface area contributed by atoms with Gasteiger partial charge in [0.2, 0.25) is 11.8 Å². The van der Waals surface area contributed by atoms with Crippen molar-refractivity contribution in [3.8, 4) is 22.8 Å². The number of benzene rings is 1. The van der Waals surface area contributed by atoms with Gasteiger partial charge in [-0.15, -0.1) is 0 Å². The number of H-pyrrole nitrogens is 1. The molecule has 1 N–H and O–H groups in total. The van der Waals surface area contributed by atoms with Gasteiger partial charge in [0.05, 0.1) is 44.7 Å². The summed E-state index contributed by atoms with van der Waals surface area (Å²) in [5.41, 5.74) is 1.88. The quantitative estimate of drug-likeness (QED) is 0.502. The largest absolute Gasteiger partial charge is 0.497 e. The van der Waals surface area contributed by atoms with E-state index in [1.165, 1.54) is 7.11 Å². The standard InChI is InChI=1S/C26H31N7O5/c1-4-38-25(35)31-10-8-26(9-11-31)17-32(24(34)33(26)16-18-6-5-7-20(12-18)36-2)23-27-15-21(22(30-23)37-3)19-13-28-29-14-19/h5-7,12-15H,4,8-11,16-17H2,1-3H3,(H,28,29). The van der Waals surface area contributed by atoms with Gasteiger partial charge in [-0.25, -0.2) is 14.6 Å². The number of methoxy groups -OCH3 is 2. The lowest BCUT2D eigenvalue weighted by Gasteiger charge is -2.43. The minimum atomic E-state index is -0.511. The van der Waals surface area contributed by atoms with Crippen LogP contribution in [0.5, 0.6) is 11.6 Å². The Morgan fingerprint density at radius 2 is 1.97 bits per heavy atom. The van der Waals surface area contributed by atoms with Crippen molar-refractivity contribution in [2.75, 3.05) is 45.4 Å². The molecule has 0 radical (unpaired) electrons. The van der Waals surface area contributed by atoms with Crippen LogP contribution in [0.2, 0.25) is 0 Å². The van der Waals surface area contributed by atoms with Crippen LogP contribution >= 0.6 is 0 Å². The number of hydrogen-bond donors (Lipinski definition) is 1. The minimum absolute atomic E-state index is 0.199. The maximum Gasteiger partial charge on any atom is 0.409 e. The molecule has 0 unspecified atom stereocenters. The van der Waals surface area contributed by atoms with E-state index >= 15 is 0 Å². The summed E-state index contributed by atoms with van der Waals surface area (Å²) in [6, 6.07) is 7.48. The van der Waals surface area contributed by atoms with Crippen molar-refractivity contribution >= 4 is 18.1 Å². The molecule has 5 rings (SSSR count). The second kappa shape index (κ2) is 10.6. The number of aromatic nitrogens is 4. The molecule has 4 heterocycles. The first-order chi connectivity index (χ1) is 18.5. The highest BCUT2D eigenvalue weighted by Gasteiger charge is 2.52. The average Bonchev–Trinajstić information content (AvgIpc) is 3.57. The Balaban J connectivity index is 1.46. The average molecular weight is 522 g/mol. The zero-order valence-corrected chi connectivity index (χ0v) is 21.7. The fraction of sp³-hybridized carbons (Fsp3) is 0.423. The molecule has 3 amide bonds. The van der Waals surface area contributed by atoms with Gasteiger partial charge in [-0.2, -0.15) is 10.1 Å². The minimum Gasteiger partial charge on any atom is -0.497 e. The summed E-state index contributed by atoms with van der Waals surface area (Å²) in [7, 11) is 3.15. The maximum atomic E-state index is 13.9. The number of anilines is 1. The molecule has 2 aromatic heterocycles. The van der Waals surface area contributed by atoms with Crippen LogP contribution in [0.3, 0.4) is 0 Å². The van der Waals surface area contributed by atoms with E-state index in [2.05, 4.69) is 20.2 Å². The predicted molar refractivity (Wildman–Crippen MR) is 138 cm³/mol. The van der Waals surface area contributed by atoms with Crippen molar-refractivity contribution in [1.29, 1.82) is 0 Å². The van der Waals surface area contributed by atoms with Crippen LogP contribution in [0.15, 0.2) is 42.9 Å². The fourth-order valence-electron chi connectivity index (χ4n) is 5.13. The normalized spacial score (nSPS) is 16.7. The van der Waals surface area contributed by atoms with Gasteiger partial charge in [-0.1, -0.05) is 12.1 Å². The molecule has 38 heavy (non-hydrogen) atoms. The van der Waals surface area contributed by atoms with Crippen LogP contribution in [-0.2, 0) is 11.3 Å². The maximum absolute atomic E-state index is 13.9. The third-order valence-electron chi connectivity index (χ3n) is 7.17. The molecule has 12 heteroatoms. The van der Waals surface area contributed by atoms with Crippen LogP contribution in [0, 0.1) is 0 Å². The summed E-state index contributed by atoms with van der Waals surface area (Å²) in [5.74, 6) is 1.33. The van der Waals surface area contributed by atoms with Crippen LogP contribution in [0.4, 0.5) is 15.5 Å². The molecular formula is C26H31N7O5. The number of nitrogens with one attached hydrogen (secondary N) is 1. The molecule has 0 saturated carbocycles. The van der Waals surface area contributed by atoms with E-state index in [0.717, 1.165) is 16.9 Å². The number of hydrogen-bond acceptors (Lipinski definition) is 8. The topological polar surface area (TPSA) is 126 Å². The molecule has 1 spiro atoms. The van der Waals surface area contributed by atoms with Gasteiger partial charge >= 0.3 is 12.1 Å². The summed E-state index contributed by atoms with van der Waals surface area (Å²) in [6.45, 7) is 3.86. The fourth-order valence-corrected chi connectivity index (χ4v) is 5.13. The Kier molecular flexibility index (Phi) is 7.03. The van der Waals surface area contributed by atoms with E-state index in [0.29, 0.717) is 57.1 Å². The highest BCUT2D eigenvalue weighted by molar-refractivity contribution is 5.94. The number of likely N-dealkylation sites (tertiary alicyclic amines) is 1. The van der Waals surface area contributed by atoms with Gasteiger partial charge in [0, 0.05) is 37.6 Å². The summed E-state index contributed by atoms with van der Waals surface area (Å²) in [4.78, 5) is 40.6. The third kappa shape index (κ3) is 4.69. The van der Waals surface area contributed by atoms with E-state index in [9.17, 15) is 9.59 Å². The molecule has 2 aliphatic heterocycles. The zero-order valence-electron chi connectivity index (χ0n) is 21.7. The highest BCUT2D eigenvalue weighted by atomic mass is 16.6. The molecule has 1 aromatic carbocycles. The number of carbonyl (C=O) groups excluding carboxylic acids is 2. The van der Waals surface area contributed by atoms with Crippen molar-refractivity contribution in [2.45, 2.75) is 31.8 Å². The van der Waals surface area contributed by atoms with E-state index in [4.69, 9.17) is 14.2 Å². The SMILES string of the molecule is CCOC(=O)N1CCC2(CC1)CN(c1ncc(-c3cn[nH]c3)c(OC)n1)C(=O)N2Cc1cccc(OC)c1. The van der Waals surface area contributed by atoms with Gasteiger partial charge in [0.25, 0.3) is 0 Å². The second-order valence-electron chi connectivity index (χ2n) is 9.30. The number of nitrogens with zero attached hydrogens (tertiary/aromatic N) is 6. The van der Waals surface area contributed by atoms with Gasteiger partial charge in [0.1, 0.15) is 5.75 Å². The van der Waals surface area contributed by atoms with Crippen LogP contribution in [-0.4, -0.2) is 88.1 Å². The first-order valence-electron chi connectivity index (χ1n) is 12.5. The highest BCUT2D eigenvalue weighted by Crippen LogP contribution is 2.40. The summed E-state index contributed by atoms with van der Waals surface area (Å²) >= 11 is 0. The zero-order chi connectivity index (χ0) is 26.7. The van der Waals surface area contributed by atoms with Crippen LogP contribution in [0.25, 0.3) is 11.1 Å². The lowest BCUT2D eigenvalue weighted by Crippen LogP contribution is -2.55. The summed E-state index contributed by atoms with van der Waals surface area (Å²) in [6.07, 6.45) is 5.89. The van der Waals surface area contributed by atoms with Crippen molar-refractivity contribution in [2.24, 2.45) is 0 Å². The van der Waals surface area contributed by atoms with Crippen LogP contribution < -0.4 is 14.4 Å². The van der Waals surface area contributed by atoms with Crippen molar-refractivity contribution < 1.29 is 23.8 Å². The van der Waals surface area contributed by atoms with Gasteiger partial charge in [-0.05, 0) is 37.5 Å². The lowest BCUT2D eigenvalue weighted by molar-refractivity contribution is 0.0553.